The molecule has 2 aromatic rings. The van der Waals surface area contributed by atoms with Gasteiger partial charge in [0.2, 0.25) is 0 Å². The van der Waals surface area contributed by atoms with Crippen LogP contribution in [0.2, 0.25) is 5.02 Å². The van der Waals surface area contributed by atoms with E-state index in [1.165, 1.54) is 12.1 Å². The number of ether oxygens (including phenoxy) is 2. The van der Waals surface area contributed by atoms with E-state index >= 15 is 0 Å². The van der Waals surface area contributed by atoms with Crippen LogP contribution in [0.25, 0.3) is 0 Å². The lowest BCUT2D eigenvalue weighted by Gasteiger charge is -2.07. The normalized spacial score (nSPS) is 10.3. The van der Waals surface area contributed by atoms with Crippen molar-refractivity contribution in [2.45, 2.75) is 13.8 Å². The molecule has 0 aliphatic carbocycles. The molecule has 0 unspecified atom stereocenters. The Morgan fingerprint density at radius 1 is 1.33 bits per heavy atom. The average Bonchev–Trinajstić information content (AvgIpc) is 2.87. The summed E-state index contributed by atoms with van der Waals surface area (Å²) >= 11 is 6.94. The molecule has 128 valence electrons. The number of rotatable bonds is 6. The van der Waals surface area contributed by atoms with Crippen LogP contribution in [0.1, 0.15) is 22.2 Å². The maximum Gasteiger partial charge on any atom is 0.348 e. The number of anilines is 1. The van der Waals surface area contributed by atoms with Gasteiger partial charge in [-0.25, -0.2) is 9.18 Å². The minimum absolute atomic E-state index is 0.0827. The molecule has 5 nitrogen and oxygen atoms in total. The summed E-state index contributed by atoms with van der Waals surface area (Å²) in [6.45, 7) is 3.47. The molecule has 2 rings (SSSR count). The maximum absolute atomic E-state index is 12.9. The Kier molecular flexibility index (Phi) is 6.16. The van der Waals surface area contributed by atoms with Gasteiger partial charge in [0.25, 0.3) is 5.91 Å². The number of carbonyl (C=O) groups excluding carboxylic acids is 2. The summed E-state index contributed by atoms with van der Waals surface area (Å²) in [4.78, 5) is 24.1. The van der Waals surface area contributed by atoms with Gasteiger partial charge in [-0.2, -0.15) is 0 Å². The Morgan fingerprint density at radius 3 is 2.75 bits per heavy atom. The van der Waals surface area contributed by atoms with Crippen LogP contribution in [0.4, 0.5) is 9.39 Å². The molecule has 0 fully saturated rings. The first-order valence-corrected chi connectivity index (χ1v) is 8.25. The van der Waals surface area contributed by atoms with E-state index in [-0.39, 0.29) is 24.0 Å². The summed E-state index contributed by atoms with van der Waals surface area (Å²) in [7, 11) is 0. The average molecular weight is 372 g/mol. The second kappa shape index (κ2) is 8.12. The summed E-state index contributed by atoms with van der Waals surface area (Å²) in [5, 5.41) is 3.22. The quantitative estimate of drug-likeness (QED) is 0.778. The van der Waals surface area contributed by atoms with Gasteiger partial charge in [-0.05, 0) is 43.7 Å². The SMILES string of the molecule is CCOC(=O)c1sc(NC(=O)COc2ccc(F)cc2Cl)cc1C. The van der Waals surface area contributed by atoms with Crippen molar-refractivity contribution < 1.29 is 23.5 Å². The predicted octanol–water partition coefficient (Wildman–Crippen LogP) is 4.04. The third kappa shape index (κ3) is 4.69. The Hall–Kier alpha value is -2.12. The van der Waals surface area contributed by atoms with Gasteiger partial charge in [-0.1, -0.05) is 11.6 Å². The van der Waals surface area contributed by atoms with Crippen LogP contribution in [0.15, 0.2) is 24.3 Å². The van der Waals surface area contributed by atoms with Crippen molar-refractivity contribution in [3.8, 4) is 5.75 Å². The smallest absolute Gasteiger partial charge is 0.348 e. The fourth-order valence-corrected chi connectivity index (χ4v) is 3.06. The molecule has 1 heterocycles. The second-order valence-corrected chi connectivity index (χ2v) is 6.21. The van der Waals surface area contributed by atoms with E-state index in [9.17, 15) is 14.0 Å². The zero-order chi connectivity index (χ0) is 17.7. The van der Waals surface area contributed by atoms with Crippen LogP contribution in [0.5, 0.6) is 5.75 Å². The van der Waals surface area contributed by atoms with Crippen molar-refractivity contribution in [1.82, 2.24) is 0 Å². The highest BCUT2D eigenvalue weighted by Crippen LogP contribution is 2.28. The van der Waals surface area contributed by atoms with Gasteiger partial charge in [0.1, 0.15) is 16.4 Å². The van der Waals surface area contributed by atoms with Gasteiger partial charge in [0.05, 0.1) is 16.6 Å². The van der Waals surface area contributed by atoms with Crippen LogP contribution < -0.4 is 10.1 Å². The van der Waals surface area contributed by atoms with Crippen LogP contribution in [0.3, 0.4) is 0 Å². The predicted molar refractivity (Wildman–Crippen MR) is 90.5 cm³/mol. The molecular formula is C16H15ClFNO4S. The number of halogens is 2. The van der Waals surface area contributed by atoms with Crippen LogP contribution in [-0.2, 0) is 9.53 Å². The number of esters is 1. The number of thiophene rings is 1. The molecule has 1 amide bonds. The topological polar surface area (TPSA) is 64.6 Å². The van der Waals surface area contributed by atoms with Gasteiger partial charge < -0.3 is 14.8 Å². The lowest BCUT2D eigenvalue weighted by Crippen LogP contribution is -2.19. The fourth-order valence-electron chi connectivity index (χ4n) is 1.85. The molecule has 0 radical (unpaired) electrons. The number of amides is 1. The highest BCUT2D eigenvalue weighted by Gasteiger charge is 2.16. The molecule has 1 N–H and O–H groups in total. The zero-order valence-corrected chi connectivity index (χ0v) is 14.6. The Labute approximate surface area is 147 Å². The molecule has 24 heavy (non-hydrogen) atoms. The summed E-state index contributed by atoms with van der Waals surface area (Å²) in [6, 6.07) is 5.31. The summed E-state index contributed by atoms with van der Waals surface area (Å²) in [5.41, 5.74) is 0.719. The van der Waals surface area contributed by atoms with Crippen LogP contribution >= 0.6 is 22.9 Å². The van der Waals surface area contributed by atoms with Gasteiger partial charge in [-0.15, -0.1) is 11.3 Å². The number of carbonyl (C=O) groups is 2. The molecule has 8 heteroatoms. The number of hydrogen-bond acceptors (Lipinski definition) is 5. The standard InChI is InChI=1S/C16H15ClFNO4S/c1-3-22-16(21)15-9(2)6-14(24-15)19-13(20)8-23-12-5-4-10(18)7-11(12)17/h4-7H,3,8H2,1-2H3,(H,19,20). The van der Waals surface area contributed by atoms with Gasteiger partial charge >= 0.3 is 5.97 Å². The minimum Gasteiger partial charge on any atom is -0.482 e. The van der Waals surface area contributed by atoms with E-state index in [4.69, 9.17) is 21.1 Å². The van der Waals surface area contributed by atoms with E-state index < -0.39 is 17.7 Å². The zero-order valence-electron chi connectivity index (χ0n) is 13.0. The molecule has 0 bridgehead atoms. The Balaban J connectivity index is 1.95. The molecule has 0 saturated heterocycles. The number of hydrogen-bond donors (Lipinski definition) is 1. The maximum atomic E-state index is 12.9. The van der Waals surface area contributed by atoms with E-state index in [1.54, 1.807) is 19.9 Å². The lowest BCUT2D eigenvalue weighted by atomic mass is 10.3. The minimum atomic E-state index is -0.489. The molecule has 0 spiro atoms. The third-order valence-corrected chi connectivity index (χ3v) is 4.32. The number of benzene rings is 1. The first kappa shape index (κ1) is 18.2. The largest absolute Gasteiger partial charge is 0.482 e. The summed E-state index contributed by atoms with van der Waals surface area (Å²) < 4.78 is 23.1. The van der Waals surface area contributed by atoms with Gasteiger partial charge in [-0.3, -0.25) is 4.79 Å². The van der Waals surface area contributed by atoms with Crippen molar-refractivity contribution in [2.24, 2.45) is 0 Å². The van der Waals surface area contributed by atoms with Crippen molar-refractivity contribution >= 4 is 39.8 Å². The molecule has 0 aliphatic rings. The van der Waals surface area contributed by atoms with E-state index in [0.29, 0.717) is 9.88 Å². The monoisotopic (exact) mass is 371 g/mol. The molecule has 0 atom stereocenters. The second-order valence-electron chi connectivity index (χ2n) is 4.75. The van der Waals surface area contributed by atoms with E-state index in [2.05, 4.69) is 5.32 Å². The first-order valence-electron chi connectivity index (χ1n) is 7.06. The van der Waals surface area contributed by atoms with Crippen molar-refractivity contribution in [1.29, 1.82) is 0 Å². The molecule has 0 aliphatic heterocycles. The van der Waals surface area contributed by atoms with E-state index in [1.807, 2.05) is 0 Å². The number of aryl methyl sites for hydroxylation is 1. The number of nitrogens with one attached hydrogen (secondary N) is 1. The third-order valence-electron chi connectivity index (χ3n) is 2.89. The highest BCUT2D eigenvalue weighted by atomic mass is 35.5. The molecule has 1 aromatic heterocycles. The van der Waals surface area contributed by atoms with Gasteiger partial charge in [0.15, 0.2) is 6.61 Å². The molecular weight excluding hydrogens is 357 g/mol. The van der Waals surface area contributed by atoms with Crippen LogP contribution in [0, 0.1) is 12.7 Å². The molecule has 0 saturated carbocycles. The van der Waals surface area contributed by atoms with Crippen molar-refractivity contribution in [3.63, 3.8) is 0 Å². The lowest BCUT2D eigenvalue weighted by molar-refractivity contribution is -0.118. The highest BCUT2D eigenvalue weighted by molar-refractivity contribution is 7.18. The van der Waals surface area contributed by atoms with E-state index in [0.717, 1.165) is 23.0 Å². The fraction of sp³-hybridized carbons (Fsp3) is 0.250. The Morgan fingerprint density at radius 2 is 2.08 bits per heavy atom. The Bertz CT molecular complexity index is 763. The van der Waals surface area contributed by atoms with Crippen LogP contribution in [-0.4, -0.2) is 25.1 Å². The molecule has 1 aromatic carbocycles. The van der Waals surface area contributed by atoms with Gasteiger partial charge in [0, 0.05) is 0 Å². The summed E-state index contributed by atoms with van der Waals surface area (Å²) in [5.74, 6) is -1.12. The van der Waals surface area contributed by atoms with Crippen molar-refractivity contribution in [3.05, 3.63) is 45.5 Å². The van der Waals surface area contributed by atoms with Crippen molar-refractivity contribution in [2.75, 3.05) is 18.5 Å². The summed E-state index contributed by atoms with van der Waals surface area (Å²) in [6.07, 6.45) is 0. The first-order chi connectivity index (χ1) is 11.4.